The fourth-order valence-corrected chi connectivity index (χ4v) is 9.99. The third-order valence-electron chi connectivity index (χ3n) is 2.39. The highest BCUT2D eigenvalue weighted by molar-refractivity contribution is 6.92. The molecule has 0 amide bonds. The Morgan fingerprint density at radius 1 is 1.06 bits per heavy atom. The lowest BCUT2D eigenvalue weighted by Gasteiger charge is -2.32. The van der Waals surface area contributed by atoms with Crippen molar-refractivity contribution in [1.29, 1.82) is 0 Å². The lowest BCUT2D eigenvalue weighted by Crippen LogP contribution is -2.52. The largest absolute Gasteiger partial charge is 0.452 e. The zero-order chi connectivity index (χ0) is 12.4. The summed E-state index contributed by atoms with van der Waals surface area (Å²) in [7, 11) is -3.27. The highest BCUT2D eigenvalue weighted by Crippen LogP contribution is 2.16. The molecule has 16 heavy (non-hydrogen) atoms. The molecule has 0 aliphatic heterocycles. The van der Waals surface area contributed by atoms with Gasteiger partial charge in [-0.05, 0) is 43.5 Å². The molecular formula is C13H22OSi2. The molecule has 1 rings (SSSR count). The maximum Gasteiger partial charge on any atom is 0.206 e. The normalized spacial score (nSPS) is 12.6. The molecule has 0 bridgehead atoms. The van der Waals surface area contributed by atoms with Crippen LogP contribution in [0.2, 0.25) is 32.7 Å². The first kappa shape index (κ1) is 13.4. The van der Waals surface area contributed by atoms with Crippen LogP contribution in [0.1, 0.15) is 5.56 Å². The van der Waals surface area contributed by atoms with Crippen molar-refractivity contribution in [2.45, 2.75) is 32.7 Å². The predicted octanol–water partition coefficient (Wildman–Crippen LogP) is 3.59. The van der Waals surface area contributed by atoms with Crippen LogP contribution in [0.25, 0.3) is 6.08 Å². The average molecular weight is 250 g/mol. The summed E-state index contributed by atoms with van der Waals surface area (Å²) < 4.78 is 6.38. The summed E-state index contributed by atoms with van der Waals surface area (Å²) in [4.78, 5) is 0. The van der Waals surface area contributed by atoms with E-state index in [1.165, 1.54) is 10.8 Å². The summed E-state index contributed by atoms with van der Waals surface area (Å²) in [5, 5.41) is 1.35. The second kappa shape index (κ2) is 4.69. The van der Waals surface area contributed by atoms with E-state index in [0.717, 1.165) is 0 Å². The molecule has 0 aliphatic rings. The molecule has 0 radical (unpaired) electrons. The summed E-state index contributed by atoms with van der Waals surface area (Å²) in [6, 6.07) is 8.44. The molecule has 0 atom stereocenters. The Hall–Kier alpha value is -0.646. The maximum absolute atomic E-state index is 6.38. The Balaban J connectivity index is 3.11. The monoisotopic (exact) mass is 250 g/mol. The molecule has 0 saturated carbocycles. The molecule has 1 aromatic rings. The Morgan fingerprint density at radius 2 is 1.62 bits per heavy atom. The van der Waals surface area contributed by atoms with Gasteiger partial charge in [0.25, 0.3) is 0 Å². The zero-order valence-electron chi connectivity index (χ0n) is 11.0. The van der Waals surface area contributed by atoms with Gasteiger partial charge >= 0.3 is 0 Å². The minimum atomic E-state index is -1.79. The smallest absolute Gasteiger partial charge is 0.206 e. The SMILES string of the molecule is C=Cc1ccccc1[Si](C)(C)O[Si](C)(C)C. The lowest BCUT2D eigenvalue weighted by atomic mass is 10.2. The summed E-state index contributed by atoms with van der Waals surface area (Å²) in [6.45, 7) is 15.2. The highest BCUT2D eigenvalue weighted by atomic mass is 28.4. The highest BCUT2D eigenvalue weighted by Gasteiger charge is 2.32. The topological polar surface area (TPSA) is 9.23 Å². The van der Waals surface area contributed by atoms with Gasteiger partial charge in [0, 0.05) is 0 Å². The number of rotatable bonds is 4. The Bertz CT molecular complexity index is 378. The Kier molecular flexibility index (Phi) is 3.94. The molecule has 0 heterocycles. The first-order valence-electron chi connectivity index (χ1n) is 5.68. The standard InChI is InChI=1S/C13H22OSi2/c1-7-12-10-8-9-11-13(12)16(5,6)14-15(2,3)4/h7-11H,1H2,2-6H3. The average Bonchev–Trinajstić information content (AvgIpc) is 2.14. The van der Waals surface area contributed by atoms with Crippen LogP contribution in [0.4, 0.5) is 0 Å². The van der Waals surface area contributed by atoms with E-state index in [1.807, 2.05) is 6.08 Å². The van der Waals surface area contributed by atoms with E-state index in [1.54, 1.807) is 0 Å². The van der Waals surface area contributed by atoms with E-state index < -0.39 is 16.6 Å². The van der Waals surface area contributed by atoms with Gasteiger partial charge in [-0.3, -0.25) is 0 Å². The Morgan fingerprint density at radius 3 is 2.12 bits per heavy atom. The van der Waals surface area contributed by atoms with Gasteiger partial charge in [-0.2, -0.15) is 0 Å². The molecule has 0 spiro atoms. The van der Waals surface area contributed by atoms with Crippen molar-refractivity contribution in [3.63, 3.8) is 0 Å². The summed E-state index contributed by atoms with van der Waals surface area (Å²) in [5.74, 6) is 0. The summed E-state index contributed by atoms with van der Waals surface area (Å²) in [6.07, 6.45) is 1.93. The second-order valence-corrected chi connectivity index (χ2v) is 14.1. The Labute approximate surface area is 101 Å². The summed E-state index contributed by atoms with van der Waals surface area (Å²) in [5.41, 5.74) is 1.22. The minimum absolute atomic E-state index is 1.22. The van der Waals surface area contributed by atoms with Crippen LogP contribution in [0.15, 0.2) is 30.8 Å². The van der Waals surface area contributed by atoms with Gasteiger partial charge < -0.3 is 4.12 Å². The van der Waals surface area contributed by atoms with Crippen molar-refractivity contribution in [3.8, 4) is 0 Å². The van der Waals surface area contributed by atoms with E-state index in [9.17, 15) is 0 Å². The van der Waals surface area contributed by atoms with Crippen molar-refractivity contribution in [3.05, 3.63) is 36.4 Å². The van der Waals surface area contributed by atoms with Gasteiger partial charge in [0.15, 0.2) is 8.32 Å². The van der Waals surface area contributed by atoms with Gasteiger partial charge in [-0.15, -0.1) is 0 Å². The van der Waals surface area contributed by atoms with Crippen LogP contribution in [0.5, 0.6) is 0 Å². The first-order valence-corrected chi connectivity index (χ1v) is 12.0. The third-order valence-corrected chi connectivity index (χ3v) is 8.63. The molecule has 1 nitrogen and oxygen atoms in total. The number of benzene rings is 1. The molecule has 0 fully saturated rings. The van der Waals surface area contributed by atoms with Crippen LogP contribution < -0.4 is 5.19 Å². The van der Waals surface area contributed by atoms with Crippen LogP contribution in [-0.2, 0) is 4.12 Å². The van der Waals surface area contributed by atoms with Crippen LogP contribution in [-0.4, -0.2) is 16.6 Å². The molecule has 0 aliphatic carbocycles. The fraction of sp³-hybridized carbons (Fsp3) is 0.385. The van der Waals surface area contributed by atoms with Gasteiger partial charge in [-0.1, -0.05) is 36.9 Å². The molecule has 0 aromatic heterocycles. The zero-order valence-corrected chi connectivity index (χ0v) is 13.0. The van der Waals surface area contributed by atoms with Crippen LogP contribution in [0, 0.1) is 0 Å². The maximum atomic E-state index is 6.38. The van der Waals surface area contributed by atoms with Crippen LogP contribution >= 0.6 is 0 Å². The fourth-order valence-electron chi connectivity index (χ4n) is 2.04. The van der Waals surface area contributed by atoms with E-state index in [2.05, 4.69) is 63.6 Å². The van der Waals surface area contributed by atoms with E-state index in [4.69, 9.17) is 4.12 Å². The van der Waals surface area contributed by atoms with Crippen molar-refractivity contribution in [2.24, 2.45) is 0 Å². The second-order valence-electron chi connectivity index (χ2n) is 5.52. The van der Waals surface area contributed by atoms with Crippen molar-refractivity contribution >= 4 is 27.9 Å². The minimum Gasteiger partial charge on any atom is -0.452 e. The summed E-state index contributed by atoms with van der Waals surface area (Å²) >= 11 is 0. The van der Waals surface area contributed by atoms with E-state index in [0.29, 0.717) is 0 Å². The predicted molar refractivity (Wildman–Crippen MR) is 78.1 cm³/mol. The molecule has 0 N–H and O–H groups in total. The van der Waals surface area contributed by atoms with Crippen molar-refractivity contribution in [1.82, 2.24) is 0 Å². The molecule has 0 saturated heterocycles. The lowest BCUT2D eigenvalue weighted by molar-refractivity contribution is 0.566. The molecule has 88 valence electrons. The molecule has 1 aromatic carbocycles. The van der Waals surface area contributed by atoms with Gasteiger partial charge in [0.1, 0.15) is 0 Å². The van der Waals surface area contributed by atoms with Gasteiger partial charge in [0.05, 0.1) is 0 Å². The van der Waals surface area contributed by atoms with Crippen molar-refractivity contribution < 1.29 is 4.12 Å². The number of hydrogen-bond donors (Lipinski definition) is 0. The molecule has 0 unspecified atom stereocenters. The number of hydrogen-bond acceptors (Lipinski definition) is 1. The van der Waals surface area contributed by atoms with Crippen LogP contribution in [0.3, 0.4) is 0 Å². The van der Waals surface area contributed by atoms with Crippen molar-refractivity contribution in [2.75, 3.05) is 0 Å². The molecule has 3 heteroatoms. The first-order chi connectivity index (χ1) is 7.26. The van der Waals surface area contributed by atoms with E-state index >= 15 is 0 Å². The quantitative estimate of drug-likeness (QED) is 0.742. The third kappa shape index (κ3) is 3.44. The van der Waals surface area contributed by atoms with E-state index in [-0.39, 0.29) is 0 Å². The van der Waals surface area contributed by atoms with Gasteiger partial charge in [-0.25, -0.2) is 0 Å². The van der Waals surface area contributed by atoms with Gasteiger partial charge in [0.2, 0.25) is 8.32 Å². The molecular weight excluding hydrogens is 228 g/mol.